The van der Waals surface area contributed by atoms with E-state index in [1.54, 1.807) is 6.07 Å². The zero-order valence-corrected chi connectivity index (χ0v) is 10.8. The first-order valence-corrected chi connectivity index (χ1v) is 6.19. The summed E-state index contributed by atoms with van der Waals surface area (Å²) in [4.78, 5) is 10.8. The van der Waals surface area contributed by atoms with E-state index in [1.165, 1.54) is 25.0 Å². The topological polar surface area (TPSA) is 55.8 Å². The molecule has 1 aliphatic rings. The highest BCUT2D eigenvalue weighted by atomic mass is 79.9. The number of hydrogen-bond acceptors (Lipinski definition) is 3. The Balaban J connectivity index is 1.88. The van der Waals surface area contributed by atoms with Gasteiger partial charge in [-0.3, -0.25) is 0 Å². The summed E-state index contributed by atoms with van der Waals surface area (Å²) in [6.45, 7) is 0.869. The molecule has 1 aromatic rings. The molecular weight excluding hydrogens is 288 g/mol. The molecule has 0 unspecified atom stereocenters. The van der Waals surface area contributed by atoms with Crippen molar-refractivity contribution in [3.05, 3.63) is 28.2 Å². The van der Waals surface area contributed by atoms with Crippen molar-refractivity contribution in [2.45, 2.75) is 12.8 Å². The van der Waals surface area contributed by atoms with Crippen molar-refractivity contribution in [2.24, 2.45) is 5.92 Å². The van der Waals surface area contributed by atoms with Crippen LogP contribution in [0, 0.1) is 5.92 Å². The molecule has 1 aromatic carbocycles. The third-order valence-electron chi connectivity index (χ3n) is 2.53. The molecule has 0 aromatic heterocycles. The molecule has 1 aliphatic carbocycles. The lowest BCUT2D eigenvalue weighted by molar-refractivity contribution is 0.00947. The molecule has 0 heterocycles. The number of aromatic carboxylic acids is 1. The summed E-state index contributed by atoms with van der Waals surface area (Å²) in [6, 6.07) is 4.65. The Morgan fingerprint density at radius 3 is 2.88 bits per heavy atom. The van der Waals surface area contributed by atoms with Crippen LogP contribution in [-0.2, 0) is 4.74 Å². The molecule has 0 spiro atoms. The van der Waals surface area contributed by atoms with E-state index in [1.807, 2.05) is 0 Å². The molecule has 5 heteroatoms. The van der Waals surface area contributed by atoms with Gasteiger partial charge in [0.1, 0.15) is 5.75 Å². The summed E-state index contributed by atoms with van der Waals surface area (Å²) in [5.41, 5.74) is 0.199. The molecule has 4 nitrogen and oxygen atoms in total. The smallest absolute Gasteiger partial charge is 0.335 e. The van der Waals surface area contributed by atoms with Crippen LogP contribution in [0.1, 0.15) is 23.2 Å². The molecule has 0 atom stereocenters. The van der Waals surface area contributed by atoms with Crippen LogP contribution < -0.4 is 4.74 Å². The minimum atomic E-state index is -0.971. The second kappa shape index (κ2) is 5.51. The molecule has 0 aliphatic heterocycles. The zero-order valence-electron chi connectivity index (χ0n) is 9.19. The molecular formula is C12H13BrO4. The molecule has 2 rings (SSSR count). The second-order valence-electron chi connectivity index (χ2n) is 4.03. The average molecular weight is 301 g/mol. The summed E-state index contributed by atoms with van der Waals surface area (Å²) in [6.07, 6.45) is 2.47. The van der Waals surface area contributed by atoms with E-state index in [9.17, 15) is 4.79 Å². The summed E-state index contributed by atoms with van der Waals surface area (Å²) in [7, 11) is 0. The van der Waals surface area contributed by atoms with Gasteiger partial charge in [-0.15, -0.1) is 0 Å². The van der Waals surface area contributed by atoms with Gasteiger partial charge in [-0.05, 0) is 52.9 Å². The number of rotatable bonds is 6. The number of hydrogen-bond donors (Lipinski definition) is 1. The number of benzene rings is 1. The van der Waals surface area contributed by atoms with E-state index >= 15 is 0 Å². The van der Waals surface area contributed by atoms with E-state index < -0.39 is 5.97 Å². The predicted molar refractivity (Wildman–Crippen MR) is 65.3 cm³/mol. The summed E-state index contributed by atoms with van der Waals surface area (Å²) < 4.78 is 11.4. The SMILES string of the molecule is O=C(O)c1ccc(Br)c(OCOCC2CC2)c1. The van der Waals surface area contributed by atoms with Crippen LogP contribution in [0.5, 0.6) is 5.75 Å². The maximum absolute atomic E-state index is 10.8. The number of carbonyl (C=O) groups is 1. The molecule has 92 valence electrons. The lowest BCUT2D eigenvalue weighted by Gasteiger charge is -2.09. The molecule has 0 amide bonds. The summed E-state index contributed by atoms with van der Waals surface area (Å²) >= 11 is 3.30. The number of carboxylic acid groups (broad SMARTS) is 1. The first kappa shape index (κ1) is 12.4. The molecule has 0 saturated heterocycles. The quantitative estimate of drug-likeness (QED) is 0.648. The Morgan fingerprint density at radius 2 is 2.24 bits per heavy atom. The van der Waals surface area contributed by atoms with Crippen LogP contribution in [0.15, 0.2) is 22.7 Å². The molecule has 0 bridgehead atoms. The summed E-state index contributed by atoms with van der Waals surface area (Å²) in [5.74, 6) is 0.203. The van der Waals surface area contributed by atoms with Gasteiger partial charge in [-0.1, -0.05) is 0 Å². The molecule has 1 saturated carbocycles. The largest absolute Gasteiger partial charge is 0.478 e. The van der Waals surface area contributed by atoms with Crippen LogP contribution in [0.4, 0.5) is 0 Å². The minimum absolute atomic E-state index is 0.151. The summed E-state index contributed by atoms with van der Waals surface area (Å²) in [5, 5.41) is 8.85. The fourth-order valence-corrected chi connectivity index (χ4v) is 1.71. The van der Waals surface area contributed by atoms with E-state index in [0.717, 1.165) is 11.1 Å². The van der Waals surface area contributed by atoms with Gasteiger partial charge >= 0.3 is 5.97 Å². The Morgan fingerprint density at radius 1 is 1.47 bits per heavy atom. The minimum Gasteiger partial charge on any atom is -0.478 e. The van der Waals surface area contributed by atoms with Gasteiger partial charge < -0.3 is 14.6 Å². The van der Waals surface area contributed by atoms with Gasteiger partial charge in [-0.2, -0.15) is 0 Å². The fourth-order valence-electron chi connectivity index (χ4n) is 1.35. The van der Waals surface area contributed by atoms with Gasteiger partial charge in [0.2, 0.25) is 0 Å². The van der Waals surface area contributed by atoms with Crippen LogP contribution in [0.25, 0.3) is 0 Å². The fraction of sp³-hybridized carbons (Fsp3) is 0.417. The van der Waals surface area contributed by atoms with Gasteiger partial charge in [0.05, 0.1) is 16.6 Å². The van der Waals surface area contributed by atoms with Gasteiger partial charge in [0.25, 0.3) is 0 Å². The molecule has 17 heavy (non-hydrogen) atoms. The average Bonchev–Trinajstić information content (AvgIpc) is 3.10. The third kappa shape index (κ3) is 3.71. The van der Waals surface area contributed by atoms with Crippen molar-refractivity contribution in [1.29, 1.82) is 0 Å². The lowest BCUT2D eigenvalue weighted by Crippen LogP contribution is -2.06. The highest BCUT2D eigenvalue weighted by Gasteiger charge is 2.21. The maximum Gasteiger partial charge on any atom is 0.335 e. The van der Waals surface area contributed by atoms with Crippen molar-refractivity contribution in [3.8, 4) is 5.75 Å². The Bertz CT molecular complexity index is 415. The van der Waals surface area contributed by atoms with Crippen molar-refractivity contribution in [1.82, 2.24) is 0 Å². The lowest BCUT2D eigenvalue weighted by atomic mass is 10.2. The molecule has 1 N–H and O–H groups in total. The number of carboxylic acids is 1. The maximum atomic E-state index is 10.8. The second-order valence-corrected chi connectivity index (χ2v) is 4.88. The number of halogens is 1. The van der Waals surface area contributed by atoms with Crippen molar-refractivity contribution in [3.63, 3.8) is 0 Å². The third-order valence-corrected chi connectivity index (χ3v) is 3.18. The van der Waals surface area contributed by atoms with E-state index in [0.29, 0.717) is 11.7 Å². The monoisotopic (exact) mass is 300 g/mol. The highest BCUT2D eigenvalue weighted by molar-refractivity contribution is 9.10. The number of ether oxygens (including phenoxy) is 2. The standard InChI is InChI=1S/C12H13BrO4/c13-10-4-3-9(12(14)15)5-11(10)17-7-16-6-8-1-2-8/h3-5,8H,1-2,6-7H2,(H,14,15). The van der Waals surface area contributed by atoms with Gasteiger partial charge in [0, 0.05) is 0 Å². The van der Waals surface area contributed by atoms with Crippen LogP contribution in [0.3, 0.4) is 0 Å². The molecule has 1 fully saturated rings. The van der Waals surface area contributed by atoms with E-state index in [4.69, 9.17) is 14.6 Å². The highest BCUT2D eigenvalue weighted by Crippen LogP contribution is 2.29. The predicted octanol–water partition coefficient (Wildman–Crippen LogP) is 2.91. The normalized spacial score (nSPS) is 14.6. The Kier molecular flexibility index (Phi) is 4.02. The van der Waals surface area contributed by atoms with Crippen LogP contribution in [-0.4, -0.2) is 24.5 Å². The van der Waals surface area contributed by atoms with Crippen LogP contribution in [0.2, 0.25) is 0 Å². The van der Waals surface area contributed by atoms with Gasteiger partial charge in [0.15, 0.2) is 6.79 Å². The van der Waals surface area contributed by atoms with Crippen LogP contribution >= 0.6 is 15.9 Å². The van der Waals surface area contributed by atoms with Crippen molar-refractivity contribution in [2.75, 3.05) is 13.4 Å². The van der Waals surface area contributed by atoms with E-state index in [-0.39, 0.29) is 12.4 Å². The van der Waals surface area contributed by atoms with E-state index in [2.05, 4.69) is 15.9 Å². The Labute approximate surface area is 108 Å². The zero-order chi connectivity index (χ0) is 12.3. The molecule has 0 radical (unpaired) electrons. The van der Waals surface area contributed by atoms with Crippen molar-refractivity contribution < 1.29 is 19.4 Å². The van der Waals surface area contributed by atoms with Gasteiger partial charge in [-0.25, -0.2) is 4.79 Å². The first-order valence-electron chi connectivity index (χ1n) is 5.40. The first-order chi connectivity index (χ1) is 8.16. The Hall–Kier alpha value is -1.07. The van der Waals surface area contributed by atoms with Crippen molar-refractivity contribution >= 4 is 21.9 Å².